The lowest BCUT2D eigenvalue weighted by molar-refractivity contribution is 0.0783. The van der Waals surface area contributed by atoms with E-state index in [4.69, 9.17) is 5.26 Å². The van der Waals surface area contributed by atoms with Crippen molar-refractivity contribution in [3.63, 3.8) is 0 Å². The molecule has 0 aliphatic carbocycles. The number of carbonyl (C=O) groups excluding carboxylic acids is 1. The maximum absolute atomic E-state index is 12.1. The Morgan fingerprint density at radius 3 is 2.75 bits per heavy atom. The molecule has 0 saturated carbocycles. The van der Waals surface area contributed by atoms with Gasteiger partial charge in [0.05, 0.1) is 11.6 Å². The van der Waals surface area contributed by atoms with Gasteiger partial charge in [-0.25, -0.2) is 0 Å². The Kier molecular flexibility index (Phi) is 4.97. The molecule has 0 radical (unpaired) electrons. The topological polar surface area (TPSA) is 44.1 Å². The third-order valence-electron chi connectivity index (χ3n) is 2.09. The molecule has 3 nitrogen and oxygen atoms in total. The average Bonchev–Trinajstić information content (AvgIpc) is 2.28. The molecule has 0 unspecified atom stereocenters. The van der Waals surface area contributed by atoms with Gasteiger partial charge in [0.1, 0.15) is 6.54 Å². The summed E-state index contributed by atoms with van der Waals surface area (Å²) >= 11 is 6.65. The standard InChI is InChI=1S/C11H10Br2N2O/c1-2-15(6-5-14)11(16)9-7-8(12)3-4-10(9)13/h3-4,7H,2,6H2,1H3. The summed E-state index contributed by atoms with van der Waals surface area (Å²) in [7, 11) is 0. The van der Waals surface area contributed by atoms with Crippen molar-refractivity contribution in [1.82, 2.24) is 4.90 Å². The zero-order chi connectivity index (χ0) is 12.1. The minimum absolute atomic E-state index is 0.105. The van der Waals surface area contributed by atoms with Crippen molar-refractivity contribution < 1.29 is 4.79 Å². The van der Waals surface area contributed by atoms with Crippen molar-refractivity contribution in [2.45, 2.75) is 6.92 Å². The number of amides is 1. The van der Waals surface area contributed by atoms with E-state index in [0.717, 1.165) is 8.95 Å². The highest BCUT2D eigenvalue weighted by molar-refractivity contribution is 9.11. The normalized spacial score (nSPS) is 9.62. The molecule has 84 valence electrons. The number of rotatable bonds is 3. The monoisotopic (exact) mass is 344 g/mol. The summed E-state index contributed by atoms with van der Waals surface area (Å²) in [4.78, 5) is 13.6. The van der Waals surface area contributed by atoms with Gasteiger partial charge < -0.3 is 4.90 Å². The molecule has 0 saturated heterocycles. The summed E-state index contributed by atoms with van der Waals surface area (Å²) in [6.07, 6.45) is 0. The van der Waals surface area contributed by atoms with Crippen LogP contribution in [0, 0.1) is 11.3 Å². The molecule has 1 aromatic carbocycles. The highest BCUT2D eigenvalue weighted by atomic mass is 79.9. The maximum Gasteiger partial charge on any atom is 0.255 e. The lowest BCUT2D eigenvalue weighted by atomic mass is 10.2. The van der Waals surface area contributed by atoms with Crippen LogP contribution in [0.15, 0.2) is 27.1 Å². The van der Waals surface area contributed by atoms with Crippen LogP contribution in [-0.2, 0) is 0 Å². The molecule has 0 atom stereocenters. The van der Waals surface area contributed by atoms with E-state index in [1.807, 2.05) is 19.1 Å². The Morgan fingerprint density at radius 1 is 1.50 bits per heavy atom. The number of benzene rings is 1. The zero-order valence-electron chi connectivity index (χ0n) is 8.70. The van der Waals surface area contributed by atoms with Gasteiger partial charge in [0.15, 0.2) is 0 Å². The van der Waals surface area contributed by atoms with Gasteiger partial charge >= 0.3 is 0 Å². The molecule has 1 aromatic rings. The molecule has 0 fully saturated rings. The van der Waals surface area contributed by atoms with Crippen molar-refractivity contribution >= 4 is 37.8 Å². The molecule has 0 N–H and O–H groups in total. The minimum Gasteiger partial charge on any atom is -0.326 e. The summed E-state index contributed by atoms with van der Waals surface area (Å²) in [6.45, 7) is 2.47. The summed E-state index contributed by atoms with van der Waals surface area (Å²) in [5, 5.41) is 8.62. The fraction of sp³-hybridized carbons (Fsp3) is 0.273. The van der Waals surface area contributed by atoms with Crippen LogP contribution < -0.4 is 0 Å². The van der Waals surface area contributed by atoms with Crippen molar-refractivity contribution in [3.8, 4) is 6.07 Å². The van der Waals surface area contributed by atoms with Gasteiger partial charge in [0.25, 0.3) is 5.91 Å². The van der Waals surface area contributed by atoms with Crippen molar-refractivity contribution in [3.05, 3.63) is 32.7 Å². The minimum atomic E-state index is -0.141. The van der Waals surface area contributed by atoms with Crippen LogP contribution in [0.1, 0.15) is 17.3 Å². The SMILES string of the molecule is CCN(CC#N)C(=O)c1cc(Br)ccc1Br. The van der Waals surface area contributed by atoms with E-state index in [2.05, 4.69) is 31.9 Å². The summed E-state index contributed by atoms with van der Waals surface area (Å²) < 4.78 is 1.57. The highest BCUT2D eigenvalue weighted by Crippen LogP contribution is 2.22. The zero-order valence-corrected chi connectivity index (χ0v) is 11.9. The summed E-state index contributed by atoms with van der Waals surface area (Å²) in [5.41, 5.74) is 0.562. The molecule has 1 amide bonds. The van der Waals surface area contributed by atoms with Crippen LogP contribution in [-0.4, -0.2) is 23.9 Å². The number of hydrogen-bond donors (Lipinski definition) is 0. The van der Waals surface area contributed by atoms with Gasteiger partial charge in [-0.15, -0.1) is 0 Å². The van der Waals surface area contributed by atoms with E-state index in [0.29, 0.717) is 12.1 Å². The number of halogens is 2. The maximum atomic E-state index is 12.1. The molecule has 1 rings (SSSR count). The quantitative estimate of drug-likeness (QED) is 0.789. The number of nitrogens with zero attached hydrogens (tertiary/aromatic N) is 2. The van der Waals surface area contributed by atoms with Gasteiger partial charge in [-0.05, 0) is 41.1 Å². The van der Waals surface area contributed by atoms with Crippen LogP contribution >= 0.6 is 31.9 Å². The summed E-state index contributed by atoms with van der Waals surface area (Å²) in [6, 6.07) is 7.38. The van der Waals surface area contributed by atoms with E-state index >= 15 is 0 Å². The molecule has 0 spiro atoms. The highest BCUT2D eigenvalue weighted by Gasteiger charge is 2.16. The van der Waals surface area contributed by atoms with E-state index in [9.17, 15) is 4.79 Å². The summed E-state index contributed by atoms with van der Waals surface area (Å²) in [5.74, 6) is -0.141. The van der Waals surface area contributed by atoms with E-state index in [1.165, 1.54) is 4.90 Å². The Bertz CT molecular complexity index is 440. The van der Waals surface area contributed by atoms with Gasteiger partial charge in [-0.2, -0.15) is 5.26 Å². The van der Waals surface area contributed by atoms with Gasteiger partial charge in [-0.3, -0.25) is 4.79 Å². The first kappa shape index (κ1) is 13.2. The van der Waals surface area contributed by atoms with Gasteiger partial charge in [0, 0.05) is 15.5 Å². The Labute approximate surface area is 111 Å². The number of carbonyl (C=O) groups is 1. The molecule has 0 heterocycles. The van der Waals surface area contributed by atoms with Crippen LogP contribution in [0.3, 0.4) is 0 Å². The van der Waals surface area contributed by atoms with Crippen molar-refractivity contribution in [1.29, 1.82) is 5.26 Å². The van der Waals surface area contributed by atoms with Crippen molar-refractivity contribution in [2.24, 2.45) is 0 Å². The van der Waals surface area contributed by atoms with Crippen LogP contribution in [0.2, 0.25) is 0 Å². The fourth-order valence-corrected chi connectivity index (χ4v) is 2.02. The predicted octanol–water partition coefficient (Wildman–Crippen LogP) is 3.20. The van der Waals surface area contributed by atoms with E-state index < -0.39 is 0 Å². The Morgan fingerprint density at radius 2 is 2.19 bits per heavy atom. The third kappa shape index (κ3) is 3.06. The number of nitriles is 1. The molecular weight excluding hydrogens is 336 g/mol. The lowest BCUT2D eigenvalue weighted by Crippen LogP contribution is -2.31. The van der Waals surface area contributed by atoms with E-state index in [1.54, 1.807) is 12.1 Å². The predicted molar refractivity (Wildman–Crippen MR) is 69.0 cm³/mol. The van der Waals surface area contributed by atoms with Gasteiger partial charge in [0.2, 0.25) is 0 Å². The first-order valence-corrected chi connectivity index (χ1v) is 6.30. The third-order valence-corrected chi connectivity index (χ3v) is 3.27. The van der Waals surface area contributed by atoms with Crippen LogP contribution in [0.4, 0.5) is 0 Å². The molecule has 5 heteroatoms. The van der Waals surface area contributed by atoms with Gasteiger partial charge in [-0.1, -0.05) is 15.9 Å². The first-order chi connectivity index (χ1) is 7.60. The average molecular weight is 346 g/mol. The van der Waals surface area contributed by atoms with Crippen LogP contribution in [0.5, 0.6) is 0 Å². The van der Waals surface area contributed by atoms with E-state index in [-0.39, 0.29) is 12.5 Å². The van der Waals surface area contributed by atoms with Crippen molar-refractivity contribution in [2.75, 3.05) is 13.1 Å². The Balaban J connectivity index is 3.03. The second kappa shape index (κ2) is 6.02. The Hall–Kier alpha value is -0.860. The lowest BCUT2D eigenvalue weighted by Gasteiger charge is -2.18. The molecule has 0 aliphatic rings. The molecule has 0 aromatic heterocycles. The largest absolute Gasteiger partial charge is 0.326 e. The second-order valence-corrected chi connectivity index (χ2v) is 4.87. The van der Waals surface area contributed by atoms with Crippen LogP contribution in [0.25, 0.3) is 0 Å². The number of hydrogen-bond acceptors (Lipinski definition) is 2. The molecule has 16 heavy (non-hydrogen) atoms. The molecule has 0 bridgehead atoms. The molecular formula is C11H10Br2N2O. The molecule has 0 aliphatic heterocycles. The second-order valence-electron chi connectivity index (χ2n) is 3.10. The smallest absolute Gasteiger partial charge is 0.255 e. The fourth-order valence-electron chi connectivity index (χ4n) is 1.24. The first-order valence-electron chi connectivity index (χ1n) is 4.71.